The quantitative estimate of drug-likeness (QED) is 0.637. The van der Waals surface area contributed by atoms with E-state index >= 15 is 0 Å². The van der Waals surface area contributed by atoms with Gasteiger partial charge in [-0.25, -0.2) is 0 Å². The molecule has 4 heteroatoms. The van der Waals surface area contributed by atoms with Gasteiger partial charge in [0.05, 0.1) is 12.6 Å². The second kappa shape index (κ2) is 6.99. The first-order valence-corrected chi connectivity index (χ1v) is 9.58. The molecule has 3 atom stereocenters. The zero-order chi connectivity index (χ0) is 18.1. The van der Waals surface area contributed by atoms with Crippen molar-refractivity contribution in [3.8, 4) is 0 Å². The molecule has 2 aliphatic rings. The maximum atomic E-state index is 5.91. The Morgan fingerprint density at radius 2 is 2.00 bits per heavy atom. The third-order valence-corrected chi connectivity index (χ3v) is 5.92. The fraction of sp³-hybridized carbons (Fsp3) is 0.667. The zero-order valence-corrected chi connectivity index (χ0v) is 16.3. The molecule has 25 heavy (non-hydrogen) atoms. The maximum Gasteiger partial charge on any atom is 0.191 e. The highest BCUT2D eigenvalue weighted by Crippen LogP contribution is 2.52. The summed E-state index contributed by atoms with van der Waals surface area (Å²) in [7, 11) is 0. The van der Waals surface area contributed by atoms with Gasteiger partial charge in [-0.1, -0.05) is 58.0 Å². The second-order valence-electron chi connectivity index (χ2n) is 8.63. The SMILES string of the molecule is CCNC(=NCC(C)(C)c1ccccc1)NC1C2CCOC2C1(C)C. The van der Waals surface area contributed by atoms with E-state index in [0.717, 1.165) is 32.1 Å². The Kier molecular flexibility index (Phi) is 5.10. The fourth-order valence-electron chi connectivity index (χ4n) is 4.34. The number of aliphatic imine (C=N–C) groups is 1. The first-order chi connectivity index (χ1) is 11.9. The van der Waals surface area contributed by atoms with Crippen molar-refractivity contribution < 1.29 is 4.74 Å². The minimum Gasteiger partial charge on any atom is -0.377 e. The van der Waals surface area contributed by atoms with Gasteiger partial charge in [0.25, 0.3) is 0 Å². The molecule has 3 unspecified atom stereocenters. The first-order valence-electron chi connectivity index (χ1n) is 9.58. The zero-order valence-electron chi connectivity index (χ0n) is 16.3. The molecule has 1 aliphatic heterocycles. The van der Waals surface area contributed by atoms with Crippen LogP contribution in [0.1, 0.15) is 46.6 Å². The number of ether oxygens (including phenoxy) is 1. The van der Waals surface area contributed by atoms with E-state index in [9.17, 15) is 0 Å². The van der Waals surface area contributed by atoms with Gasteiger partial charge < -0.3 is 15.4 Å². The summed E-state index contributed by atoms with van der Waals surface area (Å²) in [6.45, 7) is 13.7. The van der Waals surface area contributed by atoms with E-state index < -0.39 is 0 Å². The smallest absolute Gasteiger partial charge is 0.191 e. The van der Waals surface area contributed by atoms with Gasteiger partial charge >= 0.3 is 0 Å². The summed E-state index contributed by atoms with van der Waals surface area (Å²) in [5.74, 6) is 1.54. The molecule has 0 radical (unpaired) electrons. The van der Waals surface area contributed by atoms with E-state index in [1.165, 1.54) is 5.56 Å². The van der Waals surface area contributed by atoms with Gasteiger partial charge in [0.2, 0.25) is 0 Å². The predicted octanol–water partition coefficient (Wildman–Crippen LogP) is 3.33. The summed E-state index contributed by atoms with van der Waals surface area (Å²) in [5, 5.41) is 7.12. The van der Waals surface area contributed by atoms with Crippen molar-refractivity contribution in [2.45, 2.75) is 58.6 Å². The van der Waals surface area contributed by atoms with Crippen LogP contribution in [-0.2, 0) is 10.2 Å². The lowest BCUT2D eigenvalue weighted by molar-refractivity contribution is -0.106. The normalized spacial score (nSPS) is 28.2. The standard InChI is InChI=1S/C21H33N3O/c1-6-22-19(23-14-20(2,3)15-10-8-7-9-11-15)24-17-16-12-13-25-18(16)21(17,4)5/h7-11,16-18H,6,12-14H2,1-5H3,(H2,22,23,24). The number of nitrogens with one attached hydrogen (secondary N) is 2. The van der Waals surface area contributed by atoms with Crippen molar-refractivity contribution in [1.82, 2.24) is 10.6 Å². The Balaban J connectivity index is 1.69. The Hall–Kier alpha value is -1.55. The molecule has 0 aromatic heterocycles. The number of hydrogen-bond acceptors (Lipinski definition) is 2. The van der Waals surface area contributed by atoms with Crippen LogP contribution in [0.5, 0.6) is 0 Å². The van der Waals surface area contributed by atoms with E-state index in [-0.39, 0.29) is 10.8 Å². The van der Waals surface area contributed by atoms with Crippen molar-refractivity contribution in [3.63, 3.8) is 0 Å². The number of guanidine groups is 1. The third kappa shape index (κ3) is 3.55. The largest absolute Gasteiger partial charge is 0.377 e. The monoisotopic (exact) mass is 343 g/mol. The van der Waals surface area contributed by atoms with E-state index in [1.807, 2.05) is 0 Å². The van der Waals surface area contributed by atoms with E-state index in [2.05, 4.69) is 75.6 Å². The highest BCUT2D eigenvalue weighted by molar-refractivity contribution is 5.80. The van der Waals surface area contributed by atoms with Crippen LogP contribution in [0.15, 0.2) is 35.3 Å². The highest BCUT2D eigenvalue weighted by atomic mass is 16.5. The van der Waals surface area contributed by atoms with Crippen molar-refractivity contribution in [1.29, 1.82) is 0 Å². The van der Waals surface area contributed by atoms with Crippen molar-refractivity contribution >= 4 is 5.96 Å². The Bertz CT molecular complexity index is 609. The molecule has 1 saturated carbocycles. The van der Waals surface area contributed by atoms with Crippen molar-refractivity contribution in [2.75, 3.05) is 19.7 Å². The Morgan fingerprint density at radius 3 is 2.68 bits per heavy atom. The van der Waals surface area contributed by atoms with Crippen molar-refractivity contribution in [3.05, 3.63) is 35.9 Å². The van der Waals surface area contributed by atoms with Crippen molar-refractivity contribution in [2.24, 2.45) is 16.3 Å². The summed E-state index contributed by atoms with van der Waals surface area (Å²) in [5.41, 5.74) is 1.49. The van der Waals surface area contributed by atoms with Crippen LogP contribution in [0, 0.1) is 11.3 Å². The number of fused-ring (bicyclic) bond motifs is 1. The molecular formula is C21H33N3O. The molecule has 2 fully saturated rings. The van der Waals surface area contributed by atoms with Crippen LogP contribution in [0.25, 0.3) is 0 Å². The minimum absolute atomic E-state index is 0.0117. The van der Waals surface area contributed by atoms with Crippen LogP contribution < -0.4 is 10.6 Å². The minimum atomic E-state index is 0.0117. The fourth-order valence-corrected chi connectivity index (χ4v) is 4.34. The predicted molar refractivity (Wildman–Crippen MR) is 104 cm³/mol. The number of benzene rings is 1. The highest BCUT2D eigenvalue weighted by Gasteiger charge is 2.59. The van der Waals surface area contributed by atoms with Crippen LogP contribution in [0.4, 0.5) is 0 Å². The average Bonchev–Trinajstić information content (AvgIpc) is 3.05. The van der Waals surface area contributed by atoms with Crippen LogP contribution in [-0.4, -0.2) is 37.8 Å². The summed E-state index contributed by atoms with van der Waals surface area (Å²) in [4.78, 5) is 4.92. The molecule has 0 bridgehead atoms. The Morgan fingerprint density at radius 1 is 1.28 bits per heavy atom. The topological polar surface area (TPSA) is 45.7 Å². The molecular weight excluding hydrogens is 310 g/mol. The molecule has 3 rings (SSSR count). The molecule has 0 amide bonds. The van der Waals surface area contributed by atoms with E-state index in [0.29, 0.717) is 18.1 Å². The number of rotatable bonds is 5. The van der Waals surface area contributed by atoms with E-state index in [4.69, 9.17) is 9.73 Å². The molecule has 0 spiro atoms. The van der Waals surface area contributed by atoms with Crippen LogP contribution in [0.2, 0.25) is 0 Å². The summed E-state index contributed by atoms with van der Waals surface area (Å²) in [6.07, 6.45) is 1.55. The summed E-state index contributed by atoms with van der Waals surface area (Å²) in [6, 6.07) is 11.1. The first kappa shape index (κ1) is 18.2. The molecule has 2 N–H and O–H groups in total. The summed E-state index contributed by atoms with van der Waals surface area (Å²) >= 11 is 0. The lowest BCUT2D eigenvalue weighted by atomic mass is 9.57. The molecule has 1 aliphatic carbocycles. The summed E-state index contributed by atoms with van der Waals surface area (Å²) < 4.78 is 5.91. The number of hydrogen-bond donors (Lipinski definition) is 2. The molecule has 1 aromatic carbocycles. The van der Waals surface area contributed by atoms with Gasteiger partial charge in [0, 0.05) is 35.9 Å². The maximum absolute atomic E-state index is 5.91. The van der Waals surface area contributed by atoms with Gasteiger partial charge in [-0.05, 0) is 18.9 Å². The van der Waals surface area contributed by atoms with Crippen LogP contribution >= 0.6 is 0 Å². The van der Waals surface area contributed by atoms with Crippen LogP contribution in [0.3, 0.4) is 0 Å². The average molecular weight is 344 g/mol. The molecule has 1 saturated heterocycles. The van der Waals surface area contributed by atoms with Gasteiger partial charge in [-0.3, -0.25) is 4.99 Å². The van der Waals surface area contributed by atoms with Gasteiger partial charge in [-0.2, -0.15) is 0 Å². The molecule has 138 valence electrons. The molecule has 1 heterocycles. The molecule has 1 aromatic rings. The second-order valence-corrected chi connectivity index (χ2v) is 8.63. The number of nitrogens with zero attached hydrogens (tertiary/aromatic N) is 1. The van der Waals surface area contributed by atoms with Gasteiger partial charge in [0.15, 0.2) is 5.96 Å². The lowest BCUT2D eigenvalue weighted by Gasteiger charge is -2.55. The third-order valence-electron chi connectivity index (χ3n) is 5.92. The molecule has 4 nitrogen and oxygen atoms in total. The van der Waals surface area contributed by atoms with E-state index in [1.54, 1.807) is 0 Å². The lowest BCUT2D eigenvalue weighted by Crippen LogP contribution is -2.68. The van der Waals surface area contributed by atoms with Gasteiger partial charge in [-0.15, -0.1) is 0 Å². The van der Waals surface area contributed by atoms with Gasteiger partial charge in [0.1, 0.15) is 0 Å². The Labute approximate surface area is 152 Å².